The summed E-state index contributed by atoms with van der Waals surface area (Å²) >= 11 is 0. The number of esters is 1. The molecule has 5 heteroatoms. The second-order valence-electron chi connectivity index (χ2n) is 3.47. The van der Waals surface area contributed by atoms with Crippen molar-refractivity contribution in [3.05, 3.63) is 29.6 Å². The molecule has 0 bridgehead atoms. The molecule has 0 saturated carbocycles. The van der Waals surface area contributed by atoms with Crippen LogP contribution in [0.5, 0.6) is 0 Å². The molecular weight excluding hydrogens is 210 g/mol. The number of carboxylic acids is 1. The Hall–Kier alpha value is -1.91. The Morgan fingerprint density at radius 1 is 1.50 bits per heavy atom. The predicted octanol–water partition coefficient (Wildman–Crippen LogP) is 1.13. The highest BCUT2D eigenvalue weighted by atomic mass is 16.5. The van der Waals surface area contributed by atoms with Gasteiger partial charge in [-0.3, -0.25) is 9.78 Å². The Labute approximate surface area is 93.1 Å². The molecule has 1 aromatic heterocycles. The average Bonchev–Trinajstić information content (AvgIpc) is 2.28. The molecule has 0 radical (unpaired) electrons. The Morgan fingerprint density at radius 2 is 2.19 bits per heavy atom. The summed E-state index contributed by atoms with van der Waals surface area (Å²) in [7, 11) is 1.29. The van der Waals surface area contributed by atoms with Crippen LogP contribution in [0.3, 0.4) is 0 Å². The van der Waals surface area contributed by atoms with E-state index in [1.165, 1.54) is 13.3 Å². The first-order valence-corrected chi connectivity index (χ1v) is 4.80. The number of aromatic nitrogens is 1. The number of hydrogen-bond acceptors (Lipinski definition) is 4. The fraction of sp³-hybridized carbons (Fsp3) is 0.364. The second kappa shape index (κ2) is 5.25. The molecule has 1 heterocycles. The first kappa shape index (κ1) is 12.2. The number of carbonyl (C=O) groups is 2. The molecule has 1 aromatic rings. The van der Waals surface area contributed by atoms with Gasteiger partial charge in [-0.15, -0.1) is 0 Å². The smallest absolute Gasteiger partial charge is 0.339 e. The van der Waals surface area contributed by atoms with E-state index in [2.05, 4.69) is 9.72 Å². The number of ether oxygens (including phenoxy) is 1. The van der Waals surface area contributed by atoms with E-state index in [1.807, 2.05) is 0 Å². The number of methoxy groups -OCH3 is 1. The molecule has 0 spiro atoms. The maximum Gasteiger partial charge on any atom is 0.339 e. The highest BCUT2D eigenvalue weighted by Gasteiger charge is 2.13. The van der Waals surface area contributed by atoms with Gasteiger partial charge in [0.2, 0.25) is 0 Å². The van der Waals surface area contributed by atoms with Gasteiger partial charge in [-0.25, -0.2) is 4.79 Å². The zero-order valence-corrected chi connectivity index (χ0v) is 9.14. The van der Waals surface area contributed by atoms with Crippen LogP contribution in [0.2, 0.25) is 0 Å². The van der Waals surface area contributed by atoms with Gasteiger partial charge in [0, 0.05) is 18.3 Å². The van der Waals surface area contributed by atoms with Crippen molar-refractivity contribution >= 4 is 11.9 Å². The molecule has 0 fully saturated rings. The zero-order chi connectivity index (χ0) is 12.1. The first-order chi connectivity index (χ1) is 7.54. The Bertz CT molecular complexity index is 385. The van der Waals surface area contributed by atoms with Crippen LogP contribution < -0.4 is 0 Å². The van der Waals surface area contributed by atoms with E-state index in [0.717, 1.165) is 0 Å². The minimum Gasteiger partial charge on any atom is -0.481 e. The molecular formula is C11H13NO4. The largest absolute Gasteiger partial charge is 0.481 e. The second-order valence-corrected chi connectivity index (χ2v) is 3.47. The predicted molar refractivity (Wildman–Crippen MR) is 56.1 cm³/mol. The number of hydrogen-bond donors (Lipinski definition) is 1. The summed E-state index contributed by atoms with van der Waals surface area (Å²) < 4.78 is 4.52. The molecule has 1 unspecified atom stereocenters. The minimum atomic E-state index is -0.862. The molecule has 0 amide bonds. The third-order valence-corrected chi connectivity index (χ3v) is 2.18. The maximum atomic E-state index is 11.1. The van der Waals surface area contributed by atoms with Crippen LogP contribution in [0, 0.1) is 5.92 Å². The van der Waals surface area contributed by atoms with Crippen molar-refractivity contribution in [2.45, 2.75) is 13.3 Å². The number of rotatable bonds is 4. The number of carbonyl (C=O) groups excluding carboxylic acids is 1. The van der Waals surface area contributed by atoms with Crippen LogP contribution in [0.1, 0.15) is 23.0 Å². The zero-order valence-electron chi connectivity index (χ0n) is 9.14. The number of aliphatic carboxylic acids is 1. The molecule has 0 aliphatic heterocycles. The molecule has 1 atom stereocenters. The van der Waals surface area contributed by atoms with Crippen molar-refractivity contribution in [2.75, 3.05) is 7.11 Å². The van der Waals surface area contributed by atoms with Crippen molar-refractivity contribution in [1.29, 1.82) is 0 Å². The number of carboxylic acid groups (broad SMARTS) is 1. The van der Waals surface area contributed by atoms with Gasteiger partial charge in [-0.1, -0.05) is 6.92 Å². The van der Waals surface area contributed by atoms with Crippen molar-refractivity contribution in [3.63, 3.8) is 0 Å². The van der Waals surface area contributed by atoms with Gasteiger partial charge in [0.25, 0.3) is 0 Å². The summed E-state index contributed by atoms with van der Waals surface area (Å²) in [5.74, 6) is -1.80. The fourth-order valence-corrected chi connectivity index (χ4v) is 1.18. The lowest BCUT2D eigenvalue weighted by Crippen LogP contribution is -2.13. The number of nitrogens with zero attached hydrogens (tertiary/aromatic N) is 1. The topological polar surface area (TPSA) is 76.5 Å². The molecule has 0 aliphatic rings. The molecule has 0 aromatic carbocycles. The molecule has 1 rings (SSSR count). The normalized spacial score (nSPS) is 11.9. The van der Waals surface area contributed by atoms with Crippen LogP contribution in [0.25, 0.3) is 0 Å². The van der Waals surface area contributed by atoms with Gasteiger partial charge in [0.1, 0.15) is 0 Å². The summed E-state index contributed by atoms with van der Waals surface area (Å²) in [5, 5.41) is 8.72. The van der Waals surface area contributed by atoms with Crippen LogP contribution >= 0.6 is 0 Å². The highest BCUT2D eigenvalue weighted by Crippen LogP contribution is 2.08. The van der Waals surface area contributed by atoms with E-state index in [-0.39, 0.29) is 0 Å². The summed E-state index contributed by atoms with van der Waals surface area (Å²) in [6.45, 7) is 1.61. The van der Waals surface area contributed by atoms with Crippen LogP contribution in [0.4, 0.5) is 0 Å². The van der Waals surface area contributed by atoms with Crippen molar-refractivity contribution in [2.24, 2.45) is 5.92 Å². The molecule has 16 heavy (non-hydrogen) atoms. The summed E-state index contributed by atoms with van der Waals surface area (Å²) in [5.41, 5.74) is 0.997. The first-order valence-electron chi connectivity index (χ1n) is 4.80. The lowest BCUT2D eigenvalue weighted by molar-refractivity contribution is -0.141. The molecule has 0 saturated heterocycles. The third kappa shape index (κ3) is 3.05. The third-order valence-electron chi connectivity index (χ3n) is 2.18. The molecule has 5 nitrogen and oxygen atoms in total. The van der Waals surface area contributed by atoms with Crippen LogP contribution in [-0.2, 0) is 16.0 Å². The molecule has 86 valence electrons. The van der Waals surface area contributed by atoms with E-state index in [9.17, 15) is 9.59 Å². The van der Waals surface area contributed by atoms with Gasteiger partial charge in [0.05, 0.1) is 18.6 Å². The van der Waals surface area contributed by atoms with Gasteiger partial charge >= 0.3 is 11.9 Å². The standard InChI is InChI=1S/C11H13NO4/c1-7(10(13)14)5-9-4-3-8(6-12-9)11(15)16-2/h3-4,6-7H,5H2,1-2H3,(H,13,14). The van der Waals surface area contributed by atoms with Gasteiger partial charge in [-0.05, 0) is 12.1 Å². The van der Waals surface area contributed by atoms with Gasteiger partial charge < -0.3 is 9.84 Å². The maximum absolute atomic E-state index is 11.1. The molecule has 0 aliphatic carbocycles. The lowest BCUT2D eigenvalue weighted by Gasteiger charge is -2.05. The quantitative estimate of drug-likeness (QED) is 0.774. The van der Waals surface area contributed by atoms with Gasteiger partial charge in [-0.2, -0.15) is 0 Å². The SMILES string of the molecule is COC(=O)c1ccc(CC(C)C(=O)O)nc1. The highest BCUT2D eigenvalue weighted by molar-refractivity contribution is 5.88. The number of pyridine rings is 1. The van der Waals surface area contributed by atoms with E-state index in [1.54, 1.807) is 19.1 Å². The summed E-state index contributed by atoms with van der Waals surface area (Å²) in [6.07, 6.45) is 1.73. The van der Waals surface area contributed by atoms with E-state index >= 15 is 0 Å². The van der Waals surface area contributed by atoms with E-state index < -0.39 is 17.9 Å². The fourth-order valence-electron chi connectivity index (χ4n) is 1.18. The Balaban J connectivity index is 2.72. The van der Waals surface area contributed by atoms with E-state index in [0.29, 0.717) is 17.7 Å². The van der Waals surface area contributed by atoms with Crippen LogP contribution in [-0.4, -0.2) is 29.1 Å². The lowest BCUT2D eigenvalue weighted by atomic mass is 10.1. The van der Waals surface area contributed by atoms with Crippen molar-refractivity contribution < 1.29 is 19.4 Å². The summed E-state index contributed by atoms with van der Waals surface area (Å²) in [4.78, 5) is 25.7. The summed E-state index contributed by atoms with van der Waals surface area (Å²) in [6, 6.07) is 3.20. The van der Waals surface area contributed by atoms with Crippen LogP contribution in [0.15, 0.2) is 18.3 Å². The van der Waals surface area contributed by atoms with Crippen molar-refractivity contribution in [1.82, 2.24) is 4.98 Å². The Morgan fingerprint density at radius 3 is 2.62 bits per heavy atom. The average molecular weight is 223 g/mol. The monoisotopic (exact) mass is 223 g/mol. The minimum absolute atomic E-state index is 0.344. The van der Waals surface area contributed by atoms with E-state index in [4.69, 9.17) is 5.11 Å². The molecule has 1 N–H and O–H groups in total. The van der Waals surface area contributed by atoms with Crippen molar-refractivity contribution in [3.8, 4) is 0 Å². The van der Waals surface area contributed by atoms with Gasteiger partial charge in [0.15, 0.2) is 0 Å². The Kier molecular flexibility index (Phi) is 3.99.